The predicted octanol–water partition coefficient (Wildman–Crippen LogP) is 2.74. The van der Waals surface area contributed by atoms with Gasteiger partial charge in [-0.3, -0.25) is 4.68 Å². The van der Waals surface area contributed by atoms with Crippen LogP contribution < -0.4 is 5.32 Å². The topological polar surface area (TPSA) is 29.9 Å². The van der Waals surface area contributed by atoms with Crippen LogP contribution in [0.15, 0.2) is 34.2 Å². The van der Waals surface area contributed by atoms with Crippen LogP contribution >= 0.6 is 11.8 Å². The maximum absolute atomic E-state index is 13.2. The molecule has 0 spiro atoms. The average molecular weight is 265 g/mol. The van der Waals surface area contributed by atoms with Gasteiger partial charge in [-0.1, -0.05) is 17.8 Å². The van der Waals surface area contributed by atoms with Gasteiger partial charge in [-0.25, -0.2) is 4.39 Å². The Bertz CT molecular complexity index is 551. The summed E-state index contributed by atoms with van der Waals surface area (Å²) in [4.78, 5) is 0.885. The van der Waals surface area contributed by atoms with Crippen LogP contribution in [0.4, 0.5) is 4.39 Å². The van der Waals surface area contributed by atoms with Crippen molar-refractivity contribution in [3.63, 3.8) is 0 Å². The lowest BCUT2D eigenvalue weighted by molar-refractivity contribution is 0.624. The molecule has 1 heterocycles. The van der Waals surface area contributed by atoms with Gasteiger partial charge < -0.3 is 5.32 Å². The molecule has 1 N–H and O–H groups in total. The molecule has 5 heteroatoms. The van der Waals surface area contributed by atoms with Crippen LogP contribution in [-0.2, 0) is 13.6 Å². The fraction of sp³-hybridized carbons (Fsp3) is 0.308. The number of halogens is 1. The molecule has 1 aromatic carbocycles. The second-order valence-corrected chi connectivity index (χ2v) is 5.14. The molecule has 0 amide bonds. The van der Waals surface area contributed by atoms with Gasteiger partial charge in [-0.05, 0) is 32.2 Å². The Kier molecular flexibility index (Phi) is 4.04. The van der Waals surface area contributed by atoms with Gasteiger partial charge in [-0.15, -0.1) is 0 Å². The van der Waals surface area contributed by atoms with Crippen molar-refractivity contribution >= 4 is 11.8 Å². The lowest BCUT2D eigenvalue weighted by atomic mass is 10.3. The van der Waals surface area contributed by atoms with Crippen LogP contribution in [0, 0.1) is 12.7 Å². The molecule has 1 aromatic heterocycles. The van der Waals surface area contributed by atoms with Gasteiger partial charge in [-0.2, -0.15) is 5.10 Å². The van der Waals surface area contributed by atoms with Crippen molar-refractivity contribution in [1.29, 1.82) is 0 Å². The first-order valence-corrected chi connectivity index (χ1v) is 6.54. The maximum atomic E-state index is 13.2. The van der Waals surface area contributed by atoms with Gasteiger partial charge in [0.1, 0.15) is 10.8 Å². The number of aromatic nitrogens is 2. The molecule has 0 fully saturated rings. The summed E-state index contributed by atoms with van der Waals surface area (Å²) < 4.78 is 15.0. The normalized spacial score (nSPS) is 10.9. The molecule has 0 aliphatic rings. The number of rotatable bonds is 4. The van der Waals surface area contributed by atoms with Crippen molar-refractivity contribution in [2.24, 2.45) is 7.05 Å². The summed E-state index contributed by atoms with van der Waals surface area (Å²) >= 11 is 1.54. The van der Waals surface area contributed by atoms with E-state index in [4.69, 9.17) is 0 Å². The zero-order valence-electron chi connectivity index (χ0n) is 10.7. The molecular formula is C13H16FN3S. The van der Waals surface area contributed by atoms with Crippen LogP contribution in [0.25, 0.3) is 0 Å². The second-order valence-electron chi connectivity index (χ2n) is 4.08. The minimum Gasteiger partial charge on any atom is -0.316 e. The number of aryl methyl sites for hydroxylation is 2. The summed E-state index contributed by atoms with van der Waals surface area (Å²) in [6.07, 6.45) is 0. The van der Waals surface area contributed by atoms with Gasteiger partial charge in [0.15, 0.2) is 0 Å². The monoisotopic (exact) mass is 265 g/mol. The van der Waals surface area contributed by atoms with Crippen LogP contribution in [0.5, 0.6) is 0 Å². The van der Waals surface area contributed by atoms with Gasteiger partial charge in [0, 0.05) is 24.1 Å². The second kappa shape index (κ2) is 5.54. The van der Waals surface area contributed by atoms with Crippen molar-refractivity contribution < 1.29 is 4.39 Å². The highest BCUT2D eigenvalue weighted by atomic mass is 32.2. The lowest BCUT2D eigenvalue weighted by Gasteiger charge is -2.06. The molecule has 2 aromatic rings. The molecule has 0 radical (unpaired) electrons. The van der Waals surface area contributed by atoms with Crippen LogP contribution in [-0.4, -0.2) is 16.8 Å². The van der Waals surface area contributed by atoms with E-state index < -0.39 is 0 Å². The van der Waals surface area contributed by atoms with E-state index in [1.165, 1.54) is 23.9 Å². The Morgan fingerprint density at radius 3 is 2.89 bits per heavy atom. The summed E-state index contributed by atoms with van der Waals surface area (Å²) in [5, 5.41) is 8.59. The largest absolute Gasteiger partial charge is 0.316 e. The Balaban J connectivity index is 2.33. The number of benzene rings is 1. The molecule has 96 valence electrons. The standard InChI is InChI=1S/C13H16FN3S/c1-9-12(8-15-2)13(17(3)16-9)18-11-6-4-5-10(14)7-11/h4-7,15H,8H2,1-3H3. The number of hydrogen-bond acceptors (Lipinski definition) is 3. The van der Waals surface area contributed by atoms with Gasteiger partial charge in [0.2, 0.25) is 0 Å². The highest BCUT2D eigenvalue weighted by molar-refractivity contribution is 7.99. The van der Waals surface area contributed by atoms with Crippen LogP contribution in [0.3, 0.4) is 0 Å². The summed E-state index contributed by atoms with van der Waals surface area (Å²) in [5.41, 5.74) is 2.17. The van der Waals surface area contributed by atoms with Gasteiger partial charge in [0.05, 0.1) is 5.69 Å². The first-order chi connectivity index (χ1) is 8.61. The molecule has 0 bridgehead atoms. The molecular weight excluding hydrogens is 249 g/mol. The Morgan fingerprint density at radius 1 is 1.44 bits per heavy atom. The van der Waals surface area contributed by atoms with Crippen molar-refractivity contribution in [3.05, 3.63) is 41.3 Å². The molecule has 0 saturated heterocycles. The number of hydrogen-bond donors (Lipinski definition) is 1. The van der Waals surface area contributed by atoms with E-state index in [-0.39, 0.29) is 5.82 Å². The molecule has 3 nitrogen and oxygen atoms in total. The summed E-state index contributed by atoms with van der Waals surface area (Å²) in [5.74, 6) is -0.214. The first kappa shape index (κ1) is 13.1. The van der Waals surface area contributed by atoms with E-state index in [1.807, 2.05) is 31.8 Å². The van der Waals surface area contributed by atoms with E-state index in [0.717, 1.165) is 27.7 Å². The third-order valence-electron chi connectivity index (χ3n) is 2.65. The minimum atomic E-state index is -0.214. The van der Waals surface area contributed by atoms with Crippen molar-refractivity contribution in [2.75, 3.05) is 7.05 Å². The molecule has 0 aliphatic heterocycles. The molecule has 0 unspecified atom stereocenters. The Morgan fingerprint density at radius 2 is 2.22 bits per heavy atom. The molecule has 2 rings (SSSR count). The maximum Gasteiger partial charge on any atom is 0.124 e. The third kappa shape index (κ3) is 2.73. The smallest absolute Gasteiger partial charge is 0.124 e. The zero-order valence-corrected chi connectivity index (χ0v) is 11.5. The zero-order chi connectivity index (χ0) is 13.1. The highest BCUT2D eigenvalue weighted by Crippen LogP contribution is 2.31. The van der Waals surface area contributed by atoms with Gasteiger partial charge in [0.25, 0.3) is 0 Å². The van der Waals surface area contributed by atoms with Crippen molar-refractivity contribution in [1.82, 2.24) is 15.1 Å². The molecule has 18 heavy (non-hydrogen) atoms. The van der Waals surface area contributed by atoms with E-state index in [9.17, 15) is 4.39 Å². The molecule has 0 aliphatic carbocycles. The Hall–Kier alpha value is -1.33. The fourth-order valence-corrected chi connectivity index (χ4v) is 2.89. The predicted molar refractivity (Wildman–Crippen MR) is 71.2 cm³/mol. The fourth-order valence-electron chi connectivity index (χ4n) is 1.83. The minimum absolute atomic E-state index is 0.214. The summed E-state index contributed by atoms with van der Waals surface area (Å²) in [7, 11) is 3.82. The van der Waals surface area contributed by atoms with Crippen LogP contribution in [0.1, 0.15) is 11.3 Å². The number of nitrogens with one attached hydrogen (secondary N) is 1. The molecule has 0 atom stereocenters. The highest BCUT2D eigenvalue weighted by Gasteiger charge is 2.13. The SMILES string of the molecule is CNCc1c(C)nn(C)c1Sc1cccc(F)c1. The summed E-state index contributed by atoms with van der Waals surface area (Å²) in [6, 6.07) is 6.61. The quantitative estimate of drug-likeness (QED) is 0.922. The van der Waals surface area contributed by atoms with Crippen molar-refractivity contribution in [3.8, 4) is 0 Å². The van der Waals surface area contributed by atoms with E-state index in [1.54, 1.807) is 6.07 Å². The van der Waals surface area contributed by atoms with E-state index in [0.29, 0.717) is 0 Å². The Labute approximate surface area is 110 Å². The number of nitrogens with zero attached hydrogens (tertiary/aromatic N) is 2. The van der Waals surface area contributed by atoms with Crippen LogP contribution in [0.2, 0.25) is 0 Å². The summed E-state index contributed by atoms with van der Waals surface area (Å²) in [6.45, 7) is 2.75. The van der Waals surface area contributed by atoms with Gasteiger partial charge >= 0.3 is 0 Å². The molecule has 0 saturated carbocycles. The van der Waals surface area contributed by atoms with Crippen molar-refractivity contribution in [2.45, 2.75) is 23.4 Å². The van der Waals surface area contributed by atoms with E-state index >= 15 is 0 Å². The van der Waals surface area contributed by atoms with E-state index in [2.05, 4.69) is 10.4 Å². The first-order valence-electron chi connectivity index (χ1n) is 5.72. The third-order valence-corrected chi connectivity index (χ3v) is 3.85. The lowest BCUT2D eigenvalue weighted by Crippen LogP contribution is -2.06. The average Bonchev–Trinajstić information content (AvgIpc) is 2.57.